The van der Waals surface area contributed by atoms with E-state index in [0.717, 1.165) is 0 Å². The van der Waals surface area contributed by atoms with Gasteiger partial charge in [-0.25, -0.2) is 4.79 Å². The van der Waals surface area contributed by atoms with Crippen molar-refractivity contribution in [3.05, 3.63) is 0 Å². The molecule has 0 spiro atoms. The van der Waals surface area contributed by atoms with Gasteiger partial charge in [0.2, 0.25) is 0 Å². The van der Waals surface area contributed by atoms with Gasteiger partial charge in [-0.2, -0.15) is 0 Å². The molecule has 1 aliphatic heterocycles. The zero-order valence-electron chi connectivity index (χ0n) is 6.98. The van der Waals surface area contributed by atoms with Crippen molar-refractivity contribution in [1.82, 2.24) is 0 Å². The van der Waals surface area contributed by atoms with Crippen LogP contribution in [0.25, 0.3) is 0 Å². The Morgan fingerprint density at radius 2 is 2.25 bits per heavy atom. The second kappa shape index (κ2) is 3.01. The molecule has 5 heteroatoms. The smallest absolute Gasteiger partial charge is 0.335 e. The largest absolute Gasteiger partial charge is 0.479 e. The van der Waals surface area contributed by atoms with Crippen LogP contribution in [0, 0.1) is 0 Å². The summed E-state index contributed by atoms with van der Waals surface area (Å²) in [5.74, 6) is -2.08. The summed E-state index contributed by atoms with van der Waals surface area (Å²) in [4.78, 5) is 10.3. The standard InChI is InChI=1S/C7H12O5/c1-7(2)11-3-4(12-7)5(8)6(9)10/h4-5,8H,3H2,1-2H3,(H,9,10)/t4?,5-/m1/s1. The van der Waals surface area contributed by atoms with Gasteiger partial charge >= 0.3 is 5.97 Å². The molecule has 0 aliphatic carbocycles. The van der Waals surface area contributed by atoms with E-state index >= 15 is 0 Å². The van der Waals surface area contributed by atoms with E-state index in [0.29, 0.717) is 0 Å². The second-order valence-corrected chi connectivity index (χ2v) is 3.15. The molecule has 0 aromatic heterocycles. The van der Waals surface area contributed by atoms with E-state index in [2.05, 4.69) is 0 Å². The molecule has 1 aliphatic rings. The van der Waals surface area contributed by atoms with E-state index in [1.165, 1.54) is 0 Å². The quantitative estimate of drug-likeness (QED) is 0.597. The summed E-state index contributed by atoms with van der Waals surface area (Å²) in [6.07, 6.45) is -2.27. The van der Waals surface area contributed by atoms with E-state index in [-0.39, 0.29) is 6.61 Å². The third-order valence-corrected chi connectivity index (χ3v) is 1.64. The minimum Gasteiger partial charge on any atom is -0.479 e. The number of carboxylic acid groups (broad SMARTS) is 1. The van der Waals surface area contributed by atoms with Crippen molar-refractivity contribution in [2.75, 3.05) is 6.61 Å². The summed E-state index contributed by atoms with van der Waals surface area (Å²) in [7, 11) is 0. The number of rotatable bonds is 2. The van der Waals surface area contributed by atoms with Crippen molar-refractivity contribution < 1.29 is 24.5 Å². The molecule has 2 atom stereocenters. The molecule has 0 amide bonds. The van der Waals surface area contributed by atoms with Crippen LogP contribution in [0.5, 0.6) is 0 Å². The van der Waals surface area contributed by atoms with Crippen LogP contribution in [0.15, 0.2) is 0 Å². The molecular formula is C7H12O5. The maximum absolute atomic E-state index is 10.3. The maximum atomic E-state index is 10.3. The van der Waals surface area contributed by atoms with Crippen LogP contribution in [0.3, 0.4) is 0 Å². The third-order valence-electron chi connectivity index (χ3n) is 1.64. The highest BCUT2D eigenvalue weighted by atomic mass is 16.7. The van der Waals surface area contributed by atoms with Gasteiger partial charge in [-0.1, -0.05) is 0 Å². The van der Waals surface area contributed by atoms with Crippen LogP contribution in [-0.4, -0.2) is 40.8 Å². The van der Waals surface area contributed by atoms with Crippen molar-refractivity contribution in [1.29, 1.82) is 0 Å². The molecule has 70 valence electrons. The number of carboxylic acids is 1. The Labute approximate surface area is 69.9 Å². The Morgan fingerprint density at radius 3 is 2.58 bits per heavy atom. The lowest BCUT2D eigenvalue weighted by molar-refractivity contribution is -0.168. The number of aliphatic carboxylic acids is 1. The first-order valence-corrected chi connectivity index (χ1v) is 3.65. The average Bonchev–Trinajstić information content (AvgIpc) is 2.28. The number of hydrogen-bond acceptors (Lipinski definition) is 4. The zero-order chi connectivity index (χ0) is 9.35. The molecule has 1 rings (SSSR count). The van der Waals surface area contributed by atoms with Gasteiger partial charge < -0.3 is 19.7 Å². The molecule has 2 N–H and O–H groups in total. The maximum Gasteiger partial charge on any atom is 0.335 e. The van der Waals surface area contributed by atoms with Crippen LogP contribution < -0.4 is 0 Å². The van der Waals surface area contributed by atoms with Gasteiger partial charge in [0.15, 0.2) is 11.9 Å². The van der Waals surface area contributed by atoms with Gasteiger partial charge in [-0.05, 0) is 13.8 Å². The van der Waals surface area contributed by atoms with Gasteiger partial charge in [0.1, 0.15) is 6.10 Å². The van der Waals surface area contributed by atoms with Crippen LogP contribution in [0.2, 0.25) is 0 Å². The van der Waals surface area contributed by atoms with Gasteiger partial charge in [-0.15, -0.1) is 0 Å². The summed E-state index contributed by atoms with van der Waals surface area (Å²) in [6.45, 7) is 3.45. The molecule has 1 fully saturated rings. The lowest BCUT2D eigenvalue weighted by Crippen LogP contribution is -2.36. The van der Waals surface area contributed by atoms with E-state index in [1.54, 1.807) is 13.8 Å². The van der Waals surface area contributed by atoms with Crippen LogP contribution >= 0.6 is 0 Å². The Balaban J connectivity index is 2.52. The van der Waals surface area contributed by atoms with Crippen molar-refractivity contribution in [3.8, 4) is 0 Å². The number of ether oxygens (including phenoxy) is 2. The lowest BCUT2D eigenvalue weighted by Gasteiger charge is -2.18. The molecule has 0 bridgehead atoms. The fraction of sp³-hybridized carbons (Fsp3) is 0.857. The van der Waals surface area contributed by atoms with E-state index in [4.69, 9.17) is 19.7 Å². The van der Waals surface area contributed by atoms with Gasteiger partial charge in [0.25, 0.3) is 0 Å². The molecular weight excluding hydrogens is 164 g/mol. The molecule has 1 saturated heterocycles. The number of carbonyl (C=O) groups is 1. The predicted molar refractivity (Wildman–Crippen MR) is 38.5 cm³/mol. The summed E-state index contributed by atoms with van der Waals surface area (Å²) in [5.41, 5.74) is 0. The Morgan fingerprint density at radius 1 is 1.67 bits per heavy atom. The predicted octanol–water partition coefficient (Wildman–Crippen LogP) is -0.417. The fourth-order valence-electron chi connectivity index (χ4n) is 1.03. The van der Waals surface area contributed by atoms with Crippen LogP contribution in [-0.2, 0) is 14.3 Å². The molecule has 0 aromatic rings. The second-order valence-electron chi connectivity index (χ2n) is 3.15. The summed E-state index contributed by atoms with van der Waals surface area (Å²) in [5, 5.41) is 17.5. The monoisotopic (exact) mass is 176 g/mol. The first-order chi connectivity index (χ1) is 5.42. The topological polar surface area (TPSA) is 76.0 Å². The Hall–Kier alpha value is -0.650. The highest BCUT2D eigenvalue weighted by Crippen LogP contribution is 2.24. The van der Waals surface area contributed by atoms with Crippen molar-refractivity contribution >= 4 is 5.97 Å². The first-order valence-electron chi connectivity index (χ1n) is 3.65. The summed E-state index contributed by atoms with van der Waals surface area (Å²) < 4.78 is 10.2. The van der Waals surface area contributed by atoms with Crippen LogP contribution in [0.1, 0.15) is 13.8 Å². The normalized spacial score (nSPS) is 30.1. The minimum atomic E-state index is -1.51. The lowest BCUT2D eigenvalue weighted by atomic mass is 10.2. The zero-order valence-corrected chi connectivity index (χ0v) is 6.98. The van der Waals surface area contributed by atoms with E-state index < -0.39 is 24.0 Å². The molecule has 5 nitrogen and oxygen atoms in total. The third kappa shape index (κ3) is 1.94. The average molecular weight is 176 g/mol. The molecule has 1 unspecified atom stereocenters. The molecule has 1 heterocycles. The van der Waals surface area contributed by atoms with Gasteiger partial charge in [0.05, 0.1) is 6.61 Å². The van der Waals surface area contributed by atoms with E-state index in [9.17, 15) is 4.79 Å². The summed E-state index contributed by atoms with van der Waals surface area (Å²) in [6, 6.07) is 0. The number of hydrogen-bond donors (Lipinski definition) is 2. The molecule has 0 radical (unpaired) electrons. The molecule has 0 aromatic carbocycles. The number of aliphatic hydroxyl groups excluding tert-OH is 1. The fourth-order valence-corrected chi connectivity index (χ4v) is 1.03. The minimum absolute atomic E-state index is 0.112. The first kappa shape index (κ1) is 9.44. The van der Waals surface area contributed by atoms with Gasteiger partial charge in [-0.3, -0.25) is 0 Å². The highest BCUT2D eigenvalue weighted by Gasteiger charge is 2.39. The Kier molecular flexibility index (Phi) is 2.36. The van der Waals surface area contributed by atoms with Gasteiger partial charge in [0, 0.05) is 0 Å². The van der Waals surface area contributed by atoms with Crippen molar-refractivity contribution in [2.24, 2.45) is 0 Å². The Bertz CT molecular complexity index is 188. The van der Waals surface area contributed by atoms with Crippen LogP contribution in [0.4, 0.5) is 0 Å². The van der Waals surface area contributed by atoms with E-state index in [1.807, 2.05) is 0 Å². The molecule has 0 saturated carbocycles. The van der Waals surface area contributed by atoms with Crippen molar-refractivity contribution in [2.45, 2.75) is 31.8 Å². The van der Waals surface area contributed by atoms with Crippen molar-refractivity contribution in [3.63, 3.8) is 0 Å². The molecule has 12 heavy (non-hydrogen) atoms. The highest BCUT2D eigenvalue weighted by molar-refractivity contribution is 5.72. The SMILES string of the molecule is CC1(C)OCC([C@@H](O)C(=O)O)O1. The summed E-state index contributed by atoms with van der Waals surface area (Å²) >= 11 is 0. The number of aliphatic hydroxyl groups is 1.